The molecule has 6 nitrogen and oxygen atoms in total. The topological polar surface area (TPSA) is 53.1 Å². The molecule has 3 rings (SSSR count). The zero-order valence-corrected chi connectivity index (χ0v) is 13.7. The summed E-state index contributed by atoms with van der Waals surface area (Å²) in [6.45, 7) is 4.60. The number of rotatable bonds is 2. The average molecular weight is 317 g/mol. The molecule has 0 aliphatic carbocycles. The molecule has 0 atom stereocenters. The molecule has 1 aromatic carbocycles. The summed E-state index contributed by atoms with van der Waals surface area (Å²) in [6.07, 6.45) is 1.55. The van der Waals surface area contributed by atoms with E-state index >= 15 is 0 Å². The van der Waals surface area contributed by atoms with E-state index in [-0.39, 0.29) is 6.03 Å². The van der Waals surface area contributed by atoms with Gasteiger partial charge in [0.05, 0.1) is 12.7 Å². The predicted molar refractivity (Wildman–Crippen MR) is 87.0 cm³/mol. The van der Waals surface area contributed by atoms with Gasteiger partial charge in [-0.2, -0.15) is 0 Å². The molecule has 1 aromatic rings. The number of carbonyl (C=O) groups excluding carboxylic acids is 2. The number of amides is 2. The fourth-order valence-corrected chi connectivity index (χ4v) is 3.33. The maximum Gasteiger partial charge on any atom is 0.320 e. The van der Waals surface area contributed by atoms with E-state index in [0.717, 1.165) is 43.6 Å². The van der Waals surface area contributed by atoms with Crippen molar-refractivity contribution in [3.63, 3.8) is 0 Å². The van der Waals surface area contributed by atoms with Crippen LogP contribution in [0.15, 0.2) is 12.1 Å². The number of likely N-dealkylation sites (N-methyl/N-ethyl adjacent to an activating group) is 1. The first kappa shape index (κ1) is 15.8. The minimum Gasteiger partial charge on any atom is -0.496 e. The smallest absolute Gasteiger partial charge is 0.320 e. The molecular formula is C17H23N3O3. The van der Waals surface area contributed by atoms with Crippen molar-refractivity contribution in [2.75, 3.05) is 46.9 Å². The van der Waals surface area contributed by atoms with Crippen molar-refractivity contribution in [2.45, 2.75) is 13.0 Å². The Bertz CT molecular complexity index is 609. The third-order valence-corrected chi connectivity index (χ3v) is 4.79. The van der Waals surface area contributed by atoms with Gasteiger partial charge in [0.25, 0.3) is 0 Å². The lowest BCUT2D eigenvalue weighted by Gasteiger charge is -2.38. The van der Waals surface area contributed by atoms with Crippen molar-refractivity contribution in [1.82, 2.24) is 14.7 Å². The highest BCUT2D eigenvalue weighted by atomic mass is 16.5. The van der Waals surface area contributed by atoms with Crippen LogP contribution in [0.4, 0.5) is 4.79 Å². The predicted octanol–water partition coefficient (Wildman–Crippen LogP) is 1.23. The lowest BCUT2D eigenvalue weighted by atomic mass is 9.94. The molecule has 1 fully saturated rings. The molecule has 0 spiro atoms. The number of urea groups is 1. The molecule has 2 aliphatic heterocycles. The second-order valence-electron chi connectivity index (χ2n) is 6.18. The summed E-state index contributed by atoms with van der Waals surface area (Å²) in [7, 11) is 3.65. The van der Waals surface area contributed by atoms with Gasteiger partial charge in [-0.1, -0.05) is 6.07 Å². The summed E-state index contributed by atoms with van der Waals surface area (Å²) in [5, 5.41) is 0. The van der Waals surface area contributed by atoms with E-state index in [4.69, 9.17) is 4.74 Å². The Kier molecular flexibility index (Phi) is 4.52. The van der Waals surface area contributed by atoms with E-state index in [1.54, 1.807) is 7.11 Å². The Morgan fingerprint density at radius 2 is 1.87 bits per heavy atom. The first-order chi connectivity index (χ1) is 11.1. The van der Waals surface area contributed by atoms with Gasteiger partial charge in [-0.05, 0) is 30.7 Å². The van der Waals surface area contributed by atoms with Gasteiger partial charge < -0.3 is 19.4 Å². The van der Waals surface area contributed by atoms with Gasteiger partial charge in [0, 0.05) is 39.3 Å². The summed E-state index contributed by atoms with van der Waals surface area (Å²) < 4.78 is 5.26. The zero-order chi connectivity index (χ0) is 16.4. The molecule has 0 unspecified atom stereocenters. The van der Waals surface area contributed by atoms with Crippen molar-refractivity contribution >= 4 is 12.3 Å². The van der Waals surface area contributed by atoms with Crippen molar-refractivity contribution in [3.8, 4) is 5.75 Å². The number of ether oxygens (including phenoxy) is 1. The van der Waals surface area contributed by atoms with E-state index < -0.39 is 0 Å². The molecule has 2 heterocycles. The van der Waals surface area contributed by atoms with Crippen LogP contribution in [0, 0.1) is 0 Å². The number of benzene rings is 1. The van der Waals surface area contributed by atoms with Crippen molar-refractivity contribution in [3.05, 3.63) is 28.8 Å². The Morgan fingerprint density at radius 3 is 2.52 bits per heavy atom. The molecule has 1 saturated heterocycles. The Hall–Kier alpha value is -2.08. The summed E-state index contributed by atoms with van der Waals surface area (Å²) >= 11 is 0. The first-order valence-electron chi connectivity index (χ1n) is 8.00. The van der Waals surface area contributed by atoms with Gasteiger partial charge in [-0.3, -0.25) is 4.79 Å². The van der Waals surface area contributed by atoms with Crippen LogP contribution in [0.3, 0.4) is 0 Å². The molecule has 6 heteroatoms. The van der Waals surface area contributed by atoms with Crippen LogP contribution in [0.1, 0.15) is 21.5 Å². The largest absolute Gasteiger partial charge is 0.496 e. The molecular weight excluding hydrogens is 294 g/mol. The molecule has 2 amide bonds. The normalized spacial score (nSPS) is 18.5. The lowest BCUT2D eigenvalue weighted by Crippen LogP contribution is -2.52. The second-order valence-corrected chi connectivity index (χ2v) is 6.18. The molecule has 23 heavy (non-hydrogen) atoms. The van der Waals surface area contributed by atoms with E-state index in [1.165, 1.54) is 0 Å². The van der Waals surface area contributed by atoms with Crippen molar-refractivity contribution in [2.24, 2.45) is 0 Å². The Balaban J connectivity index is 1.75. The van der Waals surface area contributed by atoms with Crippen LogP contribution in [0.25, 0.3) is 0 Å². The van der Waals surface area contributed by atoms with Gasteiger partial charge >= 0.3 is 6.03 Å². The highest BCUT2D eigenvalue weighted by Crippen LogP contribution is 2.29. The monoisotopic (exact) mass is 317 g/mol. The maximum absolute atomic E-state index is 12.7. The molecule has 0 saturated carbocycles. The second kappa shape index (κ2) is 6.58. The van der Waals surface area contributed by atoms with Crippen LogP contribution >= 0.6 is 0 Å². The van der Waals surface area contributed by atoms with Crippen LogP contribution in [-0.2, 0) is 13.0 Å². The molecule has 0 aromatic heterocycles. The van der Waals surface area contributed by atoms with Gasteiger partial charge in [-0.25, -0.2) is 4.79 Å². The first-order valence-corrected chi connectivity index (χ1v) is 8.00. The number of hydrogen-bond donors (Lipinski definition) is 0. The van der Waals surface area contributed by atoms with Gasteiger partial charge in [0.15, 0.2) is 6.29 Å². The molecule has 0 bridgehead atoms. The third kappa shape index (κ3) is 3.03. The fourth-order valence-electron chi connectivity index (χ4n) is 3.33. The third-order valence-electron chi connectivity index (χ3n) is 4.79. The van der Waals surface area contributed by atoms with Gasteiger partial charge in [-0.15, -0.1) is 0 Å². The summed E-state index contributed by atoms with van der Waals surface area (Å²) in [4.78, 5) is 30.1. The number of carbonyl (C=O) groups is 2. The van der Waals surface area contributed by atoms with Crippen LogP contribution < -0.4 is 4.74 Å². The standard InChI is InChI=1S/C17H23N3O3/c1-18-7-9-19(10-8-18)17(22)20-6-5-14-13(11-20)3-4-16(23-2)15(14)12-21/h3-4,12H,5-11H2,1-2H3. The average Bonchev–Trinajstić information content (AvgIpc) is 2.60. The maximum atomic E-state index is 12.7. The van der Waals surface area contributed by atoms with Crippen LogP contribution in [0.5, 0.6) is 5.75 Å². The highest BCUT2D eigenvalue weighted by molar-refractivity contribution is 5.83. The van der Waals surface area contributed by atoms with Crippen LogP contribution in [-0.4, -0.2) is 73.9 Å². The number of aldehydes is 1. The van der Waals surface area contributed by atoms with E-state index in [1.807, 2.05) is 21.9 Å². The fraction of sp³-hybridized carbons (Fsp3) is 0.529. The SMILES string of the molecule is COc1ccc2c(c1C=O)CCN(C(=O)N1CCN(C)CC1)C2. The minimum atomic E-state index is 0.104. The van der Waals surface area contributed by atoms with Gasteiger partial charge in [0.1, 0.15) is 5.75 Å². The Morgan fingerprint density at radius 1 is 1.13 bits per heavy atom. The molecule has 124 valence electrons. The number of piperazine rings is 1. The highest BCUT2D eigenvalue weighted by Gasteiger charge is 2.28. The number of methoxy groups -OCH3 is 1. The lowest BCUT2D eigenvalue weighted by molar-refractivity contribution is 0.111. The quantitative estimate of drug-likeness (QED) is 0.770. The number of nitrogens with zero attached hydrogens (tertiary/aromatic N) is 3. The van der Waals surface area contributed by atoms with Crippen molar-refractivity contribution < 1.29 is 14.3 Å². The molecule has 2 aliphatic rings. The van der Waals surface area contributed by atoms with E-state index in [9.17, 15) is 9.59 Å². The van der Waals surface area contributed by atoms with Crippen LogP contribution in [0.2, 0.25) is 0 Å². The summed E-state index contributed by atoms with van der Waals surface area (Å²) in [6, 6.07) is 3.88. The Labute approximate surface area is 136 Å². The zero-order valence-electron chi connectivity index (χ0n) is 13.7. The minimum absolute atomic E-state index is 0.104. The van der Waals surface area contributed by atoms with E-state index in [0.29, 0.717) is 30.8 Å². The number of fused-ring (bicyclic) bond motifs is 1. The molecule has 0 N–H and O–H groups in total. The molecule has 0 radical (unpaired) electrons. The van der Waals surface area contributed by atoms with E-state index in [2.05, 4.69) is 11.9 Å². The number of hydrogen-bond acceptors (Lipinski definition) is 4. The summed E-state index contributed by atoms with van der Waals surface area (Å²) in [5.74, 6) is 0.609. The summed E-state index contributed by atoms with van der Waals surface area (Å²) in [5.41, 5.74) is 2.68. The van der Waals surface area contributed by atoms with Gasteiger partial charge in [0.2, 0.25) is 0 Å². The van der Waals surface area contributed by atoms with Crippen molar-refractivity contribution in [1.29, 1.82) is 0 Å².